The van der Waals surface area contributed by atoms with E-state index < -0.39 is 59.8 Å². The van der Waals surface area contributed by atoms with E-state index in [-0.39, 0.29) is 77.7 Å². The molecule has 21 nitrogen and oxygen atoms in total. The fourth-order valence-electron chi connectivity index (χ4n) is 10.4. The number of nitrogens with zero attached hydrogens (tertiary/aromatic N) is 1. The third kappa shape index (κ3) is 82.3. The molecule has 0 saturated heterocycles. The summed E-state index contributed by atoms with van der Waals surface area (Å²) in [6.45, 7) is 21.6. The van der Waals surface area contributed by atoms with E-state index in [1.54, 1.807) is 68.4 Å². The van der Waals surface area contributed by atoms with E-state index in [1.807, 2.05) is 54.5 Å². The Labute approximate surface area is 818 Å². The first-order valence-corrected chi connectivity index (χ1v) is 53.7. The van der Waals surface area contributed by atoms with Gasteiger partial charge >= 0.3 is 5.97 Å². The van der Waals surface area contributed by atoms with E-state index in [0.717, 1.165) is 140 Å². The van der Waals surface area contributed by atoms with Gasteiger partial charge in [0, 0.05) is 94.8 Å². The summed E-state index contributed by atoms with van der Waals surface area (Å²) in [6.07, 6.45) is 102. The van der Waals surface area contributed by atoms with Crippen LogP contribution in [-0.4, -0.2) is 191 Å². The number of hydrogen-bond donors (Lipinski definition) is 13. The van der Waals surface area contributed by atoms with Crippen molar-refractivity contribution in [3.05, 3.63) is 249 Å². The molecule has 1 aromatic heterocycles. The number of aliphatic hydroxyl groups excluding tert-OH is 6. The molecule has 0 radical (unpaired) electrons. The van der Waals surface area contributed by atoms with Crippen molar-refractivity contribution in [3.8, 4) is 0 Å². The van der Waals surface area contributed by atoms with Crippen molar-refractivity contribution >= 4 is 106 Å². The van der Waals surface area contributed by atoms with Gasteiger partial charge in [-0.25, -0.2) is 0 Å². The highest BCUT2D eigenvalue weighted by molar-refractivity contribution is 8.77. The van der Waals surface area contributed by atoms with Crippen LogP contribution in [0, 0.1) is 17.8 Å². The maximum atomic E-state index is 13.2. The molecule has 27 heteroatoms. The van der Waals surface area contributed by atoms with Crippen LogP contribution in [0.3, 0.4) is 0 Å². The largest absolute Gasteiger partial charge is 0.481 e. The van der Waals surface area contributed by atoms with Crippen LogP contribution < -0.4 is 32.3 Å². The van der Waals surface area contributed by atoms with Gasteiger partial charge < -0.3 is 68.1 Å². The highest BCUT2D eigenvalue weighted by atomic mass is 33.1. The first kappa shape index (κ1) is 129. The third-order valence-corrected chi connectivity index (χ3v) is 29.3. The molecule has 742 valence electrons. The summed E-state index contributed by atoms with van der Waals surface area (Å²) in [5.41, 5.74) is 5.39. The lowest BCUT2D eigenvalue weighted by atomic mass is 9.87. The summed E-state index contributed by atoms with van der Waals surface area (Å²) in [5.74, 6) is -0.855. The zero-order valence-electron chi connectivity index (χ0n) is 81.2. The maximum absolute atomic E-state index is 13.2. The molecule has 0 unspecified atom stereocenters. The van der Waals surface area contributed by atoms with Crippen LogP contribution in [0.4, 0.5) is 0 Å². The van der Waals surface area contributed by atoms with Gasteiger partial charge in [0.1, 0.15) is 0 Å². The van der Waals surface area contributed by atoms with E-state index in [1.165, 1.54) is 27.8 Å². The summed E-state index contributed by atoms with van der Waals surface area (Å²) in [6, 6.07) is 1.43. The van der Waals surface area contributed by atoms with Gasteiger partial charge in [0.05, 0.1) is 75.5 Å². The molecule has 1 heterocycles. The zero-order valence-corrected chi connectivity index (χ0v) is 86.1. The van der Waals surface area contributed by atoms with Crippen molar-refractivity contribution in [2.45, 2.75) is 269 Å². The van der Waals surface area contributed by atoms with Crippen LogP contribution in [0.15, 0.2) is 243 Å². The topological polar surface area (TPSA) is 360 Å². The number of aliphatic hydroxyl groups is 6. The lowest BCUT2D eigenvalue weighted by Gasteiger charge is -2.33. The number of ketones is 1. The summed E-state index contributed by atoms with van der Waals surface area (Å²) in [5, 5.41) is 76.6. The maximum Gasteiger partial charge on any atom is 0.307 e. The van der Waals surface area contributed by atoms with Crippen molar-refractivity contribution < 1.29 is 69.3 Å². The van der Waals surface area contributed by atoms with Gasteiger partial charge in [-0.2, -0.15) is 0 Å². The molecule has 132 heavy (non-hydrogen) atoms. The Bertz CT molecular complexity index is 3680. The summed E-state index contributed by atoms with van der Waals surface area (Å²) < 4.78 is -1.36. The average Bonchev–Trinajstić information content (AvgIpc) is 0.820. The van der Waals surface area contributed by atoms with Gasteiger partial charge in [-0.15, -0.1) is 0 Å². The molecule has 3 atom stereocenters. The normalized spacial score (nSPS) is 13.4. The Hall–Kier alpha value is -7.22. The van der Waals surface area contributed by atoms with Gasteiger partial charge in [-0.05, 0) is 189 Å². The number of carboxylic acid groups (broad SMARTS) is 1. The van der Waals surface area contributed by atoms with E-state index in [0.29, 0.717) is 56.6 Å². The van der Waals surface area contributed by atoms with Gasteiger partial charge in [0.25, 0.3) is 0 Å². The van der Waals surface area contributed by atoms with E-state index in [9.17, 15) is 43.8 Å². The number of nitrogens with two attached hydrogens (primary N) is 1. The van der Waals surface area contributed by atoms with Crippen molar-refractivity contribution in [1.82, 2.24) is 31.6 Å². The lowest BCUT2D eigenvalue weighted by molar-refractivity contribution is -0.142. The highest BCUT2D eigenvalue weighted by Gasteiger charge is 2.39. The second kappa shape index (κ2) is 92.8. The smallest absolute Gasteiger partial charge is 0.307 e. The molecule has 14 N–H and O–H groups in total. The molecular formula is C105H167N7O14S6. The summed E-state index contributed by atoms with van der Waals surface area (Å²) in [7, 11) is 9.38. The average molecular weight is 1940 g/mol. The first-order chi connectivity index (χ1) is 63.6. The van der Waals surface area contributed by atoms with Crippen LogP contribution >= 0.6 is 64.8 Å². The van der Waals surface area contributed by atoms with Crippen molar-refractivity contribution in [3.63, 3.8) is 0 Å². The molecular weight excluding hydrogens is 1780 g/mol. The SMILES string of the molecule is CC/C=C\C/C=C\C/C=C\C/C=C\C/C=C\C/C=C\CCC(=O)NCCSSC(C)(C)[C@@H](C)C(=O)NC(CO)CO.CC/C=C\C/C=C\C/C=C\C/C=C\C/C=C\C/C=C\CCC(=O)NCCSSC(C)(C)[C@@H](C)C(=O)O.CC/C=C\C/C=C\C/C=C\C/C=C\C/C=C\C/C=C\CCC(=O)NCCSSC(C)(C)[C@@H](CC(=O)c1cccnc1)C(=O)NC(CO)CO.NC(CO)CO. The number of allylic oxidation sites excluding steroid dienone is 36. The highest BCUT2D eigenvalue weighted by Crippen LogP contribution is 2.44. The van der Waals surface area contributed by atoms with E-state index >= 15 is 0 Å². The molecule has 0 bridgehead atoms. The molecule has 1 aromatic rings. The number of carboxylic acids is 1. The Morgan fingerprint density at radius 3 is 0.871 bits per heavy atom. The van der Waals surface area contributed by atoms with Crippen LogP contribution in [0.5, 0.6) is 0 Å². The number of carbonyl (C=O) groups excluding carboxylic acids is 6. The Balaban J connectivity index is -0.00000185. The number of aromatic nitrogens is 1. The summed E-state index contributed by atoms with van der Waals surface area (Å²) in [4.78, 5) is 89.9. The second-order valence-electron chi connectivity index (χ2n) is 31.9. The minimum Gasteiger partial charge on any atom is -0.481 e. The lowest BCUT2D eigenvalue weighted by Crippen LogP contribution is -2.48. The van der Waals surface area contributed by atoms with Gasteiger partial charge in [0.15, 0.2) is 5.78 Å². The van der Waals surface area contributed by atoms with Crippen LogP contribution in [-0.2, 0) is 28.8 Å². The van der Waals surface area contributed by atoms with Crippen LogP contribution in [0.2, 0.25) is 0 Å². The summed E-state index contributed by atoms with van der Waals surface area (Å²) >= 11 is 0. The van der Waals surface area contributed by atoms with Crippen molar-refractivity contribution in [1.29, 1.82) is 0 Å². The van der Waals surface area contributed by atoms with Crippen molar-refractivity contribution in [2.24, 2.45) is 23.5 Å². The molecule has 5 amide bonds. The first-order valence-electron chi connectivity index (χ1n) is 46.7. The van der Waals surface area contributed by atoms with Crippen LogP contribution in [0.25, 0.3) is 0 Å². The predicted molar refractivity (Wildman–Crippen MR) is 571 cm³/mol. The second-order valence-corrected chi connectivity index (χ2v) is 41.1. The molecule has 0 aromatic carbocycles. The third-order valence-electron chi connectivity index (χ3n) is 19.2. The number of hydrogen-bond acceptors (Lipinski definition) is 21. The number of Topliss-reactive ketones (excluding diaryl/α,β-unsaturated/α-hetero) is 1. The number of amides is 5. The number of carbonyl (C=O) groups is 7. The monoisotopic (exact) mass is 1940 g/mol. The molecule has 1 rings (SSSR count). The molecule has 0 aliphatic heterocycles. The fraction of sp³-hybridized carbons (Fsp3) is 0.543. The quantitative estimate of drug-likeness (QED) is 0.0125. The van der Waals surface area contributed by atoms with Crippen LogP contribution in [0.1, 0.15) is 247 Å². The molecule has 0 saturated carbocycles. The van der Waals surface area contributed by atoms with Gasteiger partial charge in [-0.3, -0.25) is 38.5 Å². The Morgan fingerprint density at radius 2 is 0.629 bits per heavy atom. The predicted octanol–water partition coefficient (Wildman–Crippen LogP) is 21.1. The van der Waals surface area contributed by atoms with Gasteiger partial charge in [0.2, 0.25) is 29.5 Å². The molecule has 0 aliphatic rings. The number of aliphatic carboxylic acids is 1. The number of nitrogens with one attached hydrogen (secondary N) is 5. The fourth-order valence-corrected chi connectivity index (χ4v) is 18.4. The van der Waals surface area contributed by atoms with Gasteiger partial charge in [-0.1, -0.05) is 318 Å². The minimum absolute atomic E-state index is 0.0113. The van der Waals surface area contributed by atoms with E-state index in [2.05, 4.69) is 265 Å². The van der Waals surface area contributed by atoms with E-state index in [4.69, 9.17) is 31.3 Å². The number of rotatable bonds is 74. The molecule has 0 aliphatic carbocycles. The van der Waals surface area contributed by atoms with Crippen molar-refractivity contribution in [2.75, 3.05) is 76.5 Å². The standard InChI is InChI=1S/C39H57N3O5S2.C33H54N2O4S2.C30H47NO3S2.C3H9NO2/c1-4-5-6-7-8-9-10-11-12-13-14-15-16-17-18-19-20-21-22-25-37(46)41-27-28-48-49-39(2,3)35(38(47)42-34(31-43)32-44)29-36(45)33-24-23-26-40-30-33;1-5-6-7-8-9-10-11-12-13-14-15-16-17-18-19-20-21-22-23-24-31(38)34-25-26-40-41-33(3,4)29(2)32(39)35-30(27-36)28-37;1-5-6-7-8-9-10-11-12-13-14-15-16-17-18-19-20-21-22-23-24-28(32)31-25-26-35-36-30(3,4)27(2)29(33)34;4-3(1-5)2-6/h5-6,8-9,11-12,14-15,17-18,20-21,23-24,26,30,34-35,43-44H,4,7,10,13,16,19,22,25,27-29,31-32H2,1-3H3,(H,41,46)(H,42,47);6-7,9-10,12-13,15-16,18-19,21-22,29-30,36-37H,5,8,11,14,17,20,23-28H2,1-4H3,(H,34,38)(H,35,39);6-7,9-10,12-13,15-16,18-19,21-22,27H,5,8,11,14,17,20,23-26H2,1-4H3,(H,31,32)(H,33,34);3,5-6H,1-2,4H2/b6-5-,9-8-,12-11-,15-14-,18-17-,21-20-;2*7-6-,10-9-,13-12-,16-15-,19-18-,22-21-;/t35-;29-;27-;/m000./s1. The molecule has 0 spiro atoms. The molecule has 0 fully saturated rings. The minimum atomic E-state index is -0.805. The zero-order chi connectivity index (χ0) is 98.5. The Morgan fingerprint density at radius 1 is 0.371 bits per heavy atom. The number of pyridine rings is 1. The Kier molecular flexibility index (Phi) is 90.7.